The molecule has 1 aliphatic heterocycles. The lowest BCUT2D eigenvalue weighted by Gasteiger charge is -2.19. The average Bonchev–Trinajstić information content (AvgIpc) is 3.51. The van der Waals surface area contributed by atoms with Gasteiger partial charge in [0, 0.05) is 19.6 Å². The third-order valence-corrected chi connectivity index (χ3v) is 7.00. The van der Waals surface area contributed by atoms with Gasteiger partial charge in [0.1, 0.15) is 25.7 Å². The quantitative estimate of drug-likeness (QED) is 0.144. The number of imidazole rings is 1. The molecule has 44 heavy (non-hydrogen) atoms. The molecule has 14 nitrogen and oxygen atoms in total. The molecule has 0 bridgehead atoms. The Morgan fingerprint density at radius 3 is 2.50 bits per heavy atom. The van der Waals surface area contributed by atoms with E-state index in [9.17, 15) is 29.1 Å². The zero-order chi connectivity index (χ0) is 31.9. The number of amides is 5. The standard InChI is InChI=1S/C30H37N7O7/c1-30(2,3)20-11-9-19(10-12-20)18-44-28(42)35-23(26(40)41)15-32-24(38)16-37-25(39)17-36(29(37)43)14-6-13-31-27-33-21-7-4-5-8-22(21)34-27/h4-5,7-12,23H,6,13-18H2,1-3H3,(H,32,38)(H,35,42)(H,40,41)(H2,31,33,34)/t23-/m0/s1. The Balaban J connectivity index is 1.17. The molecule has 1 aromatic heterocycles. The second-order valence-corrected chi connectivity index (χ2v) is 11.4. The van der Waals surface area contributed by atoms with Crippen molar-refractivity contribution in [2.45, 2.75) is 45.3 Å². The number of carboxylic acids is 1. The molecule has 2 heterocycles. The van der Waals surface area contributed by atoms with Gasteiger partial charge in [-0.05, 0) is 35.1 Å². The average molecular weight is 608 g/mol. The summed E-state index contributed by atoms with van der Waals surface area (Å²) < 4.78 is 5.13. The number of hydrogen-bond donors (Lipinski definition) is 5. The number of ether oxygens (including phenoxy) is 1. The number of aromatic nitrogens is 2. The van der Waals surface area contributed by atoms with Gasteiger partial charge in [0.25, 0.3) is 5.91 Å². The van der Waals surface area contributed by atoms with Crippen molar-refractivity contribution in [2.75, 3.05) is 38.0 Å². The number of carbonyl (C=O) groups excluding carboxylic acids is 4. The lowest BCUT2D eigenvalue weighted by Crippen LogP contribution is -2.50. The van der Waals surface area contributed by atoms with E-state index in [1.807, 2.05) is 48.5 Å². The number of alkyl carbamates (subject to hydrolysis) is 1. The van der Waals surface area contributed by atoms with E-state index in [4.69, 9.17) is 4.74 Å². The van der Waals surface area contributed by atoms with E-state index < -0.39 is 49.0 Å². The van der Waals surface area contributed by atoms with Crippen LogP contribution in [-0.4, -0.2) is 93.5 Å². The number of nitrogens with one attached hydrogen (secondary N) is 4. The fourth-order valence-corrected chi connectivity index (χ4v) is 4.49. The summed E-state index contributed by atoms with van der Waals surface area (Å²) in [4.78, 5) is 71.2. The van der Waals surface area contributed by atoms with Crippen LogP contribution in [0, 0.1) is 0 Å². The van der Waals surface area contributed by atoms with Crippen LogP contribution < -0.4 is 16.0 Å². The van der Waals surface area contributed by atoms with E-state index >= 15 is 0 Å². The molecule has 5 N–H and O–H groups in total. The van der Waals surface area contributed by atoms with E-state index in [-0.39, 0.29) is 25.1 Å². The predicted octanol–water partition coefficient (Wildman–Crippen LogP) is 2.42. The minimum atomic E-state index is -1.49. The summed E-state index contributed by atoms with van der Waals surface area (Å²) in [6, 6.07) is 13.0. The fraction of sp³-hybridized carbons (Fsp3) is 0.400. The molecule has 234 valence electrons. The number of hydrogen-bond acceptors (Lipinski definition) is 8. The van der Waals surface area contributed by atoms with Crippen molar-refractivity contribution in [1.29, 1.82) is 0 Å². The Morgan fingerprint density at radius 2 is 1.82 bits per heavy atom. The molecule has 0 saturated carbocycles. The number of anilines is 1. The summed E-state index contributed by atoms with van der Waals surface area (Å²) >= 11 is 0. The Morgan fingerprint density at radius 1 is 1.09 bits per heavy atom. The van der Waals surface area contributed by atoms with Gasteiger partial charge >= 0.3 is 18.1 Å². The van der Waals surface area contributed by atoms with Crippen molar-refractivity contribution in [1.82, 2.24) is 30.4 Å². The van der Waals surface area contributed by atoms with E-state index in [0.29, 0.717) is 18.9 Å². The highest BCUT2D eigenvalue weighted by Gasteiger charge is 2.37. The first-order valence-corrected chi connectivity index (χ1v) is 14.2. The van der Waals surface area contributed by atoms with Crippen molar-refractivity contribution in [3.05, 3.63) is 59.7 Å². The number of nitrogens with zero attached hydrogens (tertiary/aromatic N) is 3. The van der Waals surface area contributed by atoms with Gasteiger partial charge in [-0.2, -0.15) is 0 Å². The van der Waals surface area contributed by atoms with E-state index in [1.54, 1.807) is 0 Å². The van der Waals surface area contributed by atoms with E-state index in [2.05, 4.69) is 46.7 Å². The molecule has 0 aliphatic carbocycles. The first kappa shape index (κ1) is 31.8. The Bertz CT molecular complexity index is 1480. The SMILES string of the molecule is CC(C)(C)c1ccc(COC(=O)N[C@@H](CNC(=O)CN2C(=O)CN(CCCNc3nc4ccccc4[nH]3)C2=O)C(=O)O)cc1. The second kappa shape index (κ2) is 13.9. The van der Waals surface area contributed by atoms with Gasteiger partial charge < -0.3 is 35.7 Å². The summed E-state index contributed by atoms with van der Waals surface area (Å²) in [7, 11) is 0. The molecule has 0 spiro atoms. The first-order chi connectivity index (χ1) is 20.9. The molecular weight excluding hydrogens is 570 g/mol. The number of fused-ring (bicyclic) bond motifs is 1. The van der Waals surface area contributed by atoms with Crippen LogP contribution in [0.4, 0.5) is 15.5 Å². The molecule has 1 fully saturated rings. The monoisotopic (exact) mass is 607 g/mol. The lowest BCUT2D eigenvalue weighted by molar-refractivity contribution is -0.139. The zero-order valence-corrected chi connectivity index (χ0v) is 24.9. The molecule has 1 saturated heterocycles. The second-order valence-electron chi connectivity index (χ2n) is 11.4. The van der Waals surface area contributed by atoms with Crippen LogP contribution in [0.25, 0.3) is 11.0 Å². The normalized spacial score (nSPS) is 14.1. The van der Waals surface area contributed by atoms with Crippen LogP contribution >= 0.6 is 0 Å². The third kappa shape index (κ3) is 8.46. The molecule has 3 aromatic rings. The van der Waals surface area contributed by atoms with Gasteiger partial charge in [-0.15, -0.1) is 0 Å². The summed E-state index contributed by atoms with van der Waals surface area (Å²) in [5, 5.41) is 17.2. The minimum absolute atomic E-state index is 0.0279. The summed E-state index contributed by atoms with van der Waals surface area (Å²) in [6.07, 6.45) is -0.442. The topological polar surface area (TPSA) is 186 Å². The van der Waals surface area contributed by atoms with Crippen LogP contribution in [0.15, 0.2) is 48.5 Å². The van der Waals surface area contributed by atoms with Crippen LogP contribution in [0.1, 0.15) is 38.3 Å². The maximum absolute atomic E-state index is 12.7. The number of carboxylic acid groups (broad SMARTS) is 1. The largest absolute Gasteiger partial charge is 0.480 e. The van der Waals surface area contributed by atoms with Crippen molar-refractivity contribution in [3.8, 4) is 0 Å². The molecule has 0 unspecified atom stereocenters. The summed E-state index contributed by atoms with van der Waals surface area (Å²) in [5.41, 5.74) is 3.54. The highest BCUT2D eigenvalue weighted by atomic mass is 16.5. The molecule has 0 radical (unpaired) electrons. The number of imide groups is 1. The highest BCUT2D eigenvalue weighted by molar-refractivity contribution is 6.04. The minimum Gasteiger partial charge on any atom is -0.480 e. The van der Waals surface area contributed by atoms with Crippen LogP contribution in [0.2, 0.25) is 0 Å². The molecular formula is C30H37N7O7. The van der Waals surface area contributed by atoms with Crippen LogP contribution in [-0.2, 0) is 31.1 Å². The van der Waals surface area contributed by atoms with Gasteiger partial charge in [0.2, 0.25) is 11.9 Å². The van der Waals surface area contributed by atoms with Crippen molar-refractivity contribution in [2.24, 2.45) is 0 Å². The summed E-state index contributed by atoms with van der Waals surface area (Å²) in [6.45, 7) is 5.73. The number of aliphatic carboxylic acids is 1. The number of benzene rings is 2. The van der Waals surface area contributed by atoms with Gasteiger partial charge in [-0.25, -0.2) is 19.4 Å². The third-order valence-electron chi connectivity index (χ3n) is 7.00. The van der Waals surface area contributed by atoms with E-state index in [1.165, 1.54) is 4.90 Å². The summed E-state index contributed by atoms with van der Waals surface area (Å²) in [5.74, 6) is -2.09. The van der Waals surface area contributed by atoms with E-state index in [0.717, 1.165) is 27.1 Å². The highest BCUT2D eigenvalue weighted by Crippen LogP contribution is 2.22. The number of carbonyl (C=O) groups is 5. The molecule has 1 aliphatic rings. The predicted molar refractivity (Wildman–Crippen MR) is 161 cm³/mol. The lowest BCUT2D eigenvalue weighted by atomic mass is 9.87. The maximum atomic E-state index is 12.7. The molecule has 14 heteroatoms. The zero-order valence-electron chi connectivity index (χ0n) is 24.9. The number of H-pyrrole nitrogens is 1. The van der Waals surface area contributed by atoms with Gasteiger partial charge in [-0.1, -0.05) is 57.2 Å². The number of urea groups is 1. The van der Waals surface area contributed by atoms with Crippen LogP contribution in [0.3, 0.4) is 0 Å². The molecule has 1 atom stereocenters. The first-order valence-electron chi connectivity index (χ1n) is 14.2. The fourth-order valence-electron chi connectivity index (χ4n) is 4.49. The number of para-hydroxylation sites is 2. The van der Waals surface area contributed by atoms with Crippen molar-refractivity contribution < 1.29 is 33.8 Å². The van der Waals surface area contributed by atoms with Crippen molar-refractivity contribution in [3.63, 3.8) is 0 Å². The van der Waals surface area contributed by atoms with Crippen LogP contribution in [0.5, 0.6) is 0 Å². The molecule has 2 aromatic carbocycles. The number of rotatable bonds is 13. The van der Waals surface area contributed by atoms with Gasteiger partial charge in [0.05, 0.1) is 11.0 Å². The molecule has 4 rings (SSSR count). The Hall–Kier alpha value is -5.14. The molecule has 5 amide bonds. The number of aromatic amines is 1. The Labute approximate surface area is 254 Å². The van der Waals surface area contributed by atoms with Gasteiger partial charge in [-0.3, -0.25) is 14.5 Å². The Kier molecular flexibility index (Phi) is 10.0. The van der Waals surface area contributed by atoms with Crippen molar-refractivity contribution >= 4 is 46.9 Å². The maximum Gasteiger partial charge on any atom is 0.408 e. The smallest absolute Gasteiger partial charge is 0.408 e. The van der Waals surface area contributed by atoms with Gasteiger partial charge in [0.15, 0.2) is 0 Å².